The molecule has 0 saturated carbocycles. The van der Waals surface area contributed by atoms with Gasteiger partial charge in [0.2, 0.25) is 0 Å². The summed E-state index contributed by atoms with van der Waals surface area (Å²) >= 11 is 0. The monoisotopic (exact) mass is 332 g/mol. The normalized spacial score (nSPS) is 17.4. The summed E-state index contributed by atoms with van der Waals surface area (Å²) in [5.74, 6) is -15.8. The van der Waals surface area contributed by atoms with Crippen LogP contribution in [0.3, 0.4) is 0 Å². The molecule has 0 N–H and O–H groups in total. The second-order valence-electron chi connectivity index (χ2n) is 3.85. The zero-order valence-electron chi connectivity index (χ0n) is 10.5. The van der Waals surface area contributed by atoms with Gasteiger partial charge in [0.25, 0.3) is 0 Å². The summed E-state index contributed by atoms with van der Waals surface area (Å²) in [5.41, 5.74) is -0.748. The molecule has 1 atom stereocenters. The van der Waals surface area contributed by atoms with Gasteiger partial charge in [-0.3, -0.25) is 0 Å². The SMILES string of the molecule is CCC=C(C)C(=O)OC(F)(C(F)(F)F)C(F)(F)C(F)(F)F. The maximum atomic E-state index is 13.4. The summed E-state index contributed by atoms with van der Waals surface area (Å²) in [6, 6.07) is 0. The van der Waals surface area contributed by atoms with Crippen molar-refractivity contribution in [2.45, 2.75) is 44.4 Å². The van der Waals surface area contributed by atoms with Crippen LogP contribution in [0, 0.1) is 0 Å². The number of alkyl halides is 9. The lowest BCUT2D eigenvalue weighted by Gasteiger charge is -2.34. The molecule has 2 nitrogen and oxygen atoms in total. The Balaban J connectivity index is 5.83. The quantitative estimate of drug-likeness (QED) is 0.436. The summed E-state index contributed by atoms with van der Waals surface area (Å²) in [6.07, 6.45) is -12.8. The maximum Gasteiger partial charge on any atom is 0.467 e. The molecule has 0 rings (SSSR count). The van der Waals surface area contributed by atoms with Gasteiger partial charge >= 0.3 is 30.1 Å². The highest BCUT2D eigenvalue weighted by atomic mass is 19.4. The molecule has 0 bridgehead atoms. The molecule has 0 spiro atoms. The number of ether oxygens (including phenoxy) is 1. The molecule has 0 aromatic rings. The first-order chi connectivity index (χ1) is 9.12. The van der Waals surface area contributed by atoms with Gasteiger partial charge < -0.3 is 4.74 Å². The van der Waals surface area contributed by atoms with Gasteiger partial charge in [-0.15, -0.1) is 0 Å². The van der Waals surface area contributed by atoms with Crippen molar-refractivity contribution in [1.29, 1.82) is 0 Å². The van der Waals surface area contributed by atoms with Crippen LogP contribution in [0.2, 0.25) is 0 Å². The molecule has 0 aliphatic carbocycles. The number of halogens is 9. The highest BCUT2D eigenvalue weighted by Gasteiger charge is 2.84. The van der Waals surface area contributed by atoms with Crippen LogP contribution in [0.15, 0.2) is 11.6 Å². The minimum absolute atomic E-state index is 0.0297. The van der Waals surface area contributed by atoms with Gasteiger partial charge in [-0.1, -0.05) is 13.0 Å². The first kappa shape index (κ1) is 19.6. The molecule has 11 heteroatoms. The van der Waals surface area contributed by atoms with E-state index in [0.717, 1.165) is 13.0 Å². The van der Waals surface area contributed by atoms with Gasteiger partial charge in [-0.25, -0.2) is 4.79 Å². The fourth-order valence-corrected chi connectivity index (χ4v) is 1.08. The van der Waals surface area contributed by atoms with E-state index >= 15 is 0 Å². The largest absolute Gasteiger partial charge is 0.467 e. The molecule has 0 saturated heterocycles. The number of hydrogen-bond donors (Lipinski definition) is 0. The molecule has 1 unspecified atom stereocenters. The van der Waals surface area contributed by atoms with E-state index in [-0.39, 0.29) is 6.42 Å². The van der Waals surface area contributed by atoms with Crippen LogP contribution >= 0.6 is 0 Å². The second kappa shape index (κ2) is 5.76. The Morgan fingerprint density at radius 2 is 1.38 bits per heavy atom. The van der Waals surface area contributed by atoms with Gasteiger partial charge in [-0.2, -0.15) is 39.5 Å². The lowest BCUT2D eigenvalue weighted by atomic mass is 10.1. The molecule has 0 amide bonds. The smallest absolute Gasteiger partial charge is 0.411 e. The Kier molecular flexibility index (Phi) is 5.37. The van der Waals surface area contributed by atoms with Crippen LogP contribution < -0.4 is 0 Å². The molecule has 124 valence electrons. The molecule has 0 fully saturated rings. The van der Waals surface area contributed by atoms with E-state index in [1.54, 1.807) is 0 Å². The van der Waals surface area contributed by atoms with Crippen LogP contribution in [-0.2, 0) is 9.53 Å². The van der Waals surface area contributed by atoms with Gasteiger partial charge in [0.1, 0.15) is 0 Å². The summed E-state index contributed by atoms with van der Waals surface area (Å²) in [4.78, 5) is 11.0. The van der Waals surface area contributed by atoms with Crippen molar-refractivity contribution >= 4 is 5.97 Å². The fraction of sp³-hybridized carbons (Fsp3) is 0.700. The summed E-state index contributed by atoms with van der Waals surface area (Å²) in [7, 11) is 0. The first-order valence-electron chi connectivity index (χ1n) is 5.22. The van der Waals surface area contributed by atoms with Crippen molar-refractivity contribution < 1.29 is 49.0 Å². The minimum Gasteiger partial charge on any atom is -0.411 e. The third kappa shape index (κ3) is 3.62. The summed E-state index contributed by atoms with van der Waals surface area (Å²) in [6.45, 7) is 2.15. The van der Waals surface area contributed by atoms with Crippen molar-refractivity contribution in [2.24, 2.45) is 0 Å². The molecule has 21 heavy (non-hydrogen) atoms. The zero-order chi connectivity index (χ0) is 17.3. The predicted molar refractivity (Wildman–Crippen MR) is 51.0 cm³/mol. The Morgan fingerprint density at radius 3 is 1.67 bits per heavy atom. The van der Waals surface area contributed by atoms with E-state index < -0.39 is 35.7 Å². The molecule has 0 radical (unpaired) electrons. The van der Waals surface area contributed by atoms with Crippen LogP contribution in [0.25, 0.3) is 0 Å². The highest BCUT2D eigenvalue weighted by molar-refractivity contribution is 5.88. The van der Waals surface area contributed by atoms with Gasteiger partial charge in [-0.05, 0) is 13.3 Å². The lowest BCUT2D eigenvalue weighted by molar-refractivity contribution is -0.440. The minimum atomic E-state index is -6.97. The topological polar surface area (TPSA) is 26.3 Å². The maximum absolute atomic E-state index is 13.4. The van der Waals surface area contributed by atoms with Crippen LogP contribution in [-0.4, -0.2) is 30.1 Å². The third-order valence-corrected chi connectivity index (χ3v) is 2.19. The molecule has 0 aromatic carbocycles. The lowest BCUT2D eigenvalue weighted by Crippen LogP contribution is -2.64. The van der Waals surface area contributed by atoms with E-state index in [2.05, 4.69) is 4.74 Å². The Morgan fingerprint density at radius 1 is 0.952 bits per heavy atom. The van der Waals surface area contributed by atoms with Gasteiger partial charge in [0.05, 0.1) is 0 Å². The van der Waals surface area contributed by atoms with Crippen molar-refractivity contribution in [2.75, 3.05) is 0 Å². The summed E-state index contributed by atoms with van der Waals surface area (Å²) < 4.78 is 114. The average molecular weight is 332 g/mol. The molecular weight excluding hydrogens is 323 g/mol. The number of hydrogen-bond acceptors (Lipinski definition) is 2. The number of carbonyl (C=O) groups excluding carboxylic acids is 1. The Labute approximate surface area is 112 Å². The Bertz CT molecular complexity index is 421. The Hall–Kier alpha value is -1.42. The van der Waals surface area contributed by atoms with Crippen LogP contribution in [0.1, 0.15) is 20.3 Å². The van der Waals surface area contributed by atoms with Gasteiger partial charge in [0, 0.05) is 5.57 Å². The average Bonchev–Trinajstić information content (AvgIpc) is 2.25. The molecule has 0 aliphatic rings. The third-order valence-electron chi connectivity index (χ3n) is 2.19. The van der Waals surface area contributed by atoms with E-state index in [0.29, 0.717) is 0 Å². The molecular formula is C10H9F9O2. The number of esters is 1. The molecule has 0 aliphatic heterocycles. The molecule has 0 aromatic heterocycles. The van der Waals surface area contributed by atoms with E-state index in [1.165, 1.54) is 6.92 Å². The number of allylic oxidation sites excluding steroid dienone is 1. The van der Waals surface area contributed by atoms with Crippen molar-refractivity contribution in [3.8, 4) is 0 Å². The van der Waals surface area contributed by atoms with Crippen LogP contribution in [0.5, 0.6) is 0 Å². The first-order valence-corrected chi connectivity index (χ1v) is 5.22. The van der Waals surface area contributed by atoms with Crippen molar-refractivity contribution in [3.05, 3.63) is 11.6 Å². The van der Waals surface area contributed by atoms with Gasteiger partial charge in [0.15, 0.2) is 0 Å². The van der Waals surface area contributed by atoms with Crippen molar-refractivity contribution in [1.82, 2.24) is 0 Å². The fourth-order valence-electron chi connectivity index (χ4n) is 1.08. The zero-order valence-corrected chi connectivity index (χ0v) is 10.5. The van der Waals surface area contributed by atoms with E-state index in [4.69, 9.17) is 0 Å². The number of rotatable bonds is 4. The van der Waals surface area contributed by atoms with Crippen molar-refractivity contribution in [3.63, 3.8) is 0 Å². The van der Waals surface area contributed by atoms with E-state index in [1.807, 2.05) is 0 Å². The number of carbonyl (C=O) groups is 1. The summed E-state index contributed by atoms with van der Waals surface area (Å²) in [5, 5.41) is 0. The highest BCUT2D eigenvalue weighted by Crippen LogP contribution is 2.53. The van der Waals surface area contributed by atoms with Crippen LogP contribution in [0.4, 0.5) is 39.5 Å². The predicted octanol–water partition coefficient (Wildman–Crippen LogP) is 4.31. The second-order valence-corrected chi connectivity index (χ2v) is 3.85. The molecule has 0 heterocycles. The van der Waals surface area contributed by atoms with E-state index in [9.17, 15) is 44.3 Å². The standard InChI is InChI=1S/C10H9F9O2/c1-3-4-5(2)6(20)21-8(13,10(17,18)19)7(11,12)9(14,15)16/h4H,3H2,1-2H3.